The summed E-state index contributed by atoms with van der Waals surface area (Å²) in [5, 5.41) is 8.56. The molecule has 23 heavy (non-hydrogen) atoms. The minimum absolute atomic E-state index is 0.197. The molecular weight excluding hydrogens is 300 g/mol. The predicted octanol–water partition coefficient (Wildman–Crippen LogP) is 3.62. The molecule has 1 fully saturated rings. The molecule has 1 aliphatic rings. The molecule has 1 saturated heterocycles. The maximum Gasteiger partial charge on any atom is 0.308 e. The zero-order valence-electron chi connectivity index (χ0n) is 14.6. The van der Waals surface area contributed by atoms with Gasteiger partial charge in [-0.1, -0.05) is 32.1 Å². The lowest BCUT2D eigenvalue weighted by Crippen LogP contribution is -2.31. The SMILES string of the molecule is COC(=O)C[C@]1(C)C[C@@](C)(CCCCCCCCC(=O)O)OO1. The molecule has 0 saturated carbocycles. The Morgan fingerprint density at radius 3 is 2.17 bits per heavy atom. The maximum atomic E-state index is 11.4. The number of unbranched alkanes of at least 4 members (excludes halogenated alkanes) is 5. The molecule has 0 aliphatic carbocycles. The van der Waals surface area contributed by atoms with Crippen LogP contribution in [0.1, 0.15) is 78.1 Å². The monoisotopic (exact) mass is 330 g/mol. The van der Waals surface area contributed by atoms with Crippen molar-refractivity contribution in [1.29, 1.82) is 0 Å². The van der Waals surface area contributed by atoms with Crippen LogP contribution in [0.5, 0.6) is 0 Å². The van der Waals surface area contributed by atoms with Gasteiger partial charge in [-0.25, -0.2) is 9.78 Å². The number of methoxy groups -OCH3 is 1. The van der Waals surface area contributed by atoms with Crippen LogP contribution < -0.4 is 0 Å². The Bertz CT molecular complexity index is 397. The summed E-state index contributed by atoms with van der Waals surface area (Å²) >= 11 is 0. The van der Waals surface area contributed by atoms with Crippen molar-refractivity contribution in [1.82, 2.24) is 0 Å². The van der Waals surface area contributed by atoms with Gasteiger partial charge in [-0.2, -0.15) is 0 Å². The van der Waals surface area contributed by atoms with Crippen LogP contribution in [0, 0.1) is 0 Å². The van der Waals surface area contributed by atoms with E-state index in [0.717, 1.165) is 44.9 Å². The van der Waals surface area contributed by atoms with E-state index in [-0.39, 0.29) is 24.4 Å². The average molecular weight is 330 g/mol. The summed E-state index contributed by atoms with van der Waals surface area (Å²) in [5.74, 6) is -1.01. The predicted molar refractivity (Wildman–Crippen MR) is 84.8 cm³/mol. The quantitative estimate of drug-likeness (QED) is 0.354. The Kier molecular flexibility index (Phi) is 7.99. The van der Waals surface area contributed by atoms with E-state index >= 15 is 0 Å². The van der Waals surface area contributed by atoms with E-state index in [1.54, 1.807) is 0 Å². The van der Waals surface area contributed by atoms with Gasteiger partial charge < -0.3 is 9.84 Å². The fourth-order valence-electron chi connectivity index (χ4n) is 3.13. The van der Waals surface area contributed by atoms with Crippen LogP contribution >= 0.6 is 0 Å². The standard InChI is InChI=1S/C17H30O6/c1-16(11-9-7-5-4-6-8-10-14(18)19)13-17(2,23-22-16)12-15(20)21-3/h4-13H2,1-3H3,(H,18,19)/t16-,17-/m1/s1. The van der Waals surface area contributed by atoms with Gasteiger partial charge in [0.25, 0.3) is 0 Å². The van der Waals surface area contributed by atoms with Crippen molar-refractivity contribution in [3.8, 4) is 0 Å². The molecule has 6 heteroatoms. The first kappa shape index (κ1) is 19.9. The summed E-state index contributed by atoms with van der Waals surface area (Å²) in [5.41, 5.74) is -0.968. The average Bonchev–Trinajstić information content (AvgIpc) is 2.77. The first-order valence-corrected chi connectivity index (χ1v) is 8.44. The van der Waals surface area contributed by atoms with Crippen molar-refractivity contribution >= 4 is 11.9 Å². The van der Waals surface area contributed by atoms with Gasteiger partial charge in [0.15, 0.2) is 0 Å². The van der Waals surface area contributed by atoms with Gasteiger partial charge in [-0.05, 0) is 26.7 Å². The first-order chi connectivity index (χ1) is 10.8. The highest BCUT2D eigenvalue weighted by molar-refractivity contribution is 5.70. The van der Waals surface area contributed by atoms with Crippen molar-refractivity contribution in [2.45, 2.75) is 89.3 Å². The van der Waals surface area contributed by atoms with Crippen molar-refractivity contribution < 1.29 is 29.2 Å². The summed E-state index contributed by atoms with van der Waals surface area (Å²) in [6, 6.07) is 0. The highest BCUT2D eigenvalue weighted by atomic mass is 17.2. The van der Waals surface area contributed by atoms with Gasteiger partial charge in [0.1, 0.15) is 11.2 Å². The second-order valence-corrected chi connectivity index (χ2v) is 7.01. The van der Waals surface area contributed by atoms with Gasteiger partial charge in [0.05, 0.1) is 13.5 Å². The van der Waals surface area contributed by atoms with E-state index in [4.69, 9.17) is 19.6 Å². The number of rotatable bonds is 11. The lowest BCUT2D eigenvalue weighted by atomic mass is 9.85. The number of carboxylic acid groups (broad SMARTS) is 1. The Labute approximate surface area is 138 Å². The van der Waals surface area contributed by atoms with Gasteiger partial charge in [0, 0.05) is 12.8 Å². The number of ether oxygens (including phenoxy) is 1. The summed E-state index contributed by atoms with van der Waals surface area (Å²) in [7, 11) is 1.37. The van der Waals surface area contributed by atoms with Crippen LogP contribution in [0.2, 0.25) is 0 Å². The lowest BCUT2D eigenvalue weighted by molar-refractivity contribution is -0.345. The fraction of sp³-hybridized carbons (Fsp3) is 0.882. The molecule has 1 rings (SSSR count). The minimum atomic E-state index is -0.716. The van der Waals surface area contributed by atoms with E-state index in [1.165, 1.54) is 7.11 Å². The molecule has 1 N–H and O–H groups in total. The zero-order chi connectivity index (χ0) is 17.3. The van der Waals surface area contributed by atoms with Crippen LogP contribution in [-0.4, -0.2) is 35.4 Å². The molecule has 134 valence electrons. The van der Waals surface area contributed by atoms with Crippen molar-refractivity contribution in [2.75, 3.05) is 7.11 Å². The first-order valence-electron chi connectivity index (χ1n) is 8.44. The summed E-state index contributed by atoms with van der Waals surface area (Å²) in [6.45, 7) is 3.89. The van der Waals surface area contributed by atoms with Crippen LogP contribution in [0.15, 0.2) is 0 Å². The topological polar surface area (TPSA) is 82.1 Å². The van der Waals surface area contributed by atoms with Gasteiger partial charge in [-0.3, -0.25) is 9.59 Å². The molecule has 0 unspecified atom stereocenters. The molecule has 1 heterocycles. The molecule has 0 amide bonds. The minimum Gasteiger partial charge on any atom is -0.481 e. The third-order valence-corrected chi connectivity index (χ3v) is 4.28. The highest BCUT2D eigenvalue weighted by Gasteiger charge is 2.47. The van der Waals surface area contributed by atoms with Crippen LogP contribution in [0.25, 0.3) is 0 Å². The van der Waals surface area contributed by atoms with Crippen molar-refractivity contribution in [2.24, 2.45) is 0 Å². The number of hydrogen-bond donors (Lipinski definition) is 1. The number of carbonyl (C=O) groups excluding carboxylic acids is 1. The molecule has 6 nitrogen and oxygen atoms in total. The summed E-state index contributed by atoms with van der Waals surface area (Å²) in [6.07, 6.45) is 8.07. The maximum absolute atomic E-state index is 11.4. The Hall–Kier alpha value is -1.14. The summed E-state index contributed by atoms with van der Waals surface area (Å²) < 4.78 is 4.69. The van der Waals surface area contributed by atoms with Crippen LogP contribution in [0.3, 0.4) is 0 Å². The van der Waals surface area contributed by atoms with Gasteiger partial charge in [-0.15, -0.1) is 0 Å². The summed E-state index contributed by atoms with van der Waals surface area (Å²) in [4.78, 5) is 32.7. The molecule has 0 spiro atoms. The molecule has 2 atom stereocenters. The Morgan fingerprint density at radius 1 is 1.00 bits per heavy atom. The Morgan fingerprint density at radius 2 is 1.57 bits per heavy atom. The highest BCUT2D eigenvalue weighted by Crippen LogP contribution is 2.41. The molecular formula is C17H30O6. The molecule has 1 aliphatic heterocycles. The van der Waals surface area contributed by atoms with E-state index in [2.05, 4.69) is 0 Å². The molecule has 0 aromatic rings. The number of hydrogen-bond acceptors (Lipinski definition) is 5. The molecule has 0 aromatic carbocycles. The Balaban J connectivity index is 2.15. The normalized spacial score (nSPS) is 27.1. The van der Waals surface area contributed by atoms with E-state index in [1.807, 2.05) is 13.8 Å². The van der Waals surface area contributed by atoms with E-state index in [0.29, 0.717) is 6.42 Å². The van der Waals surface area contributed by atoms with Gasteiger partial charge >= 0.3 is 11.9 Å². The zero-order valence-corrected chi connectivity index (χ0v) is 14.6. The molecule has 0 aromatic heterocycles. The molecule has 0 radical (unpaired) electrons. The smallest absolute Gasteiger partial charge is 0.308 e. The number of aliphatic carboxylic acids is 1. The molecule has 0 bridgehead atoms. The lowest BCUT2D eigenvalue weighted by Gasteiger charge is -2.22. The number of carboxylic acids is 1. The van der Waals surface area contributed by atoms with Crippen molar-refractivity contribution in [3.63, 3.8) is 0 Å². The van der Waals surface area contributed by atoms with E-state index in [9.17, 15) is 9.59 Å². The number of carbonyl (C=O) groups is 2. The van der Waals surface area contributed by atoms with Crippen LogP contribution in [-0.2, 0) is 24.1 Å². The third kappa shape index (κ3) is 7.79. The number of esters is 1. The van der Waals surface area contributed by atoms with Crippen LogP contribution in [0.4, 0.5) is 0 Å². The van der Waals surface area contributed by atoms with Gasteiger partial charge in [0.2, 0.25) is 0 Å². The third-order valence-electron chi connectivity index (χ3n) is 4.28. The second-order valence-electron chi connectivity index (χ2n) is 7.01. The fourth-order valence-corrected chi connectivity index (χ4v) is 3.13. The van der Waals surface area contributed by atoms with E-state index < -0.39 is 11.6 Å². The largest absolute Gasteiger partial charge is 0.481 e. The second kappa shape index (κ2) is 9.23. The van der Waals surface area contributed by atoms with Crippen molar-refractivity contribution in [3.05, 3.63) is 0 Å².